The van der Waals surface area contributed by atoms with E-state index in [2.05, 4.69) is 10.3 Å². The lowest BCUT2D eigenvalue weighted by Crippen LogP contribution is -2.42. The Kier molecular flexibility index (Phi) is 4.50. The smallest absolute Gasteiger partial charge is 0.404 e. The van der Waals surface area contributed by atoms with Crippen molar-refractivity contribution in [1.82, 2.24) is 10.2 Å². The third-order valence-electron chi connectivity index (χ3n) is 4.80. The standard InChI is InChI=1S/C20H19N3O4/c24-19-17(12-23-10-8-14(9-11-23)21-20(25)26)22-18(27-19)16-7-3-5-13-4-1-2-6-15(13)16/h1-7,12,14,21H,8-11H2,(H,25,26)/b17-12+. The molecule has 2 aromatic carbocycles. The maximum absolute atomic E-state index is 12.3. The molecular formula is C20H19N3O4. The average Bonchev–Trinajstić information content (AvgIpc) is 3.03. The lowest BCUT2D eigenvalue weighted by molar-refractivity contribution is -0.130. The molecule has 2 heterocycles. The molecule has 1 amide bonds. The van der Waals surface area contributed by atoms with Gasteiger partial charge in [0.05, 0.1) is 0 Å². The SMILES string of the molecule is O=C(O)NC1CCN(/C=C2/N=C(c3cccc4ccccc34)OC2=O)CC1. The number of ether oxygens (including phenoxy) is 1. The summed E-state index contributed by atoms with van der Waals surface area (Å²) in [7, 11) is 0. The van der Waals surface area contributed by atoms with Crippen molar-refractivity contribution in [2.75, 3.05) is 13.1 Å². The van der Waals surface area contributed by atoms with E-state index in [0.29, 0.717) is 31.8 Å². The summed E-state index contributed by atoms with van der Waals surface area (Å²) < 4.78 is 5.41. The summed E-state index contributed by atoms with van der Waals surface area (Å²) in [5.41, 5.74) is 1.05. The fraction of sp³-hybridized carbons (Fsp3) is 0.250. The van der Waals surface area contributed by atoms with Gasteiger partial charge in [-0.25, -0.2) is 14.6 Å². The predicted octanol–water partition coefficient (Wildman–Crippen LogP) is 2.72. The van der Waals surface area contributed by atoms with Gasteiger partial charge in [-0.05, 0) is 29.7 Å². The Bertz CT molecular complexity index is 953. The van der Waals surface area contributed by atoms with Crippen LogP contribution in [0.4, 0.5) is 4.79 Å². The first-order valence-corrected chi connectivity index (χ1v) is 8.84. The number of rotatable bonds is 3. The third kappa shape index (κ3) is 3.62. The van der Waals surface area contributed by atoms with Gasteiger partial charge in [0.15, 0.2) is 5.70 Å². The molecule has 0 bridgehead atoms. The van der Waals surface area contributed by atoms with Crippen LogP contribution in [0.5, 0.6) is 0 Å². The largest absolute Gasteiger partial charge is 0.465 e. The number of aliphatic imine (C=N–C) groups is 1. The van der Waals surface area contributed by atoms with Crippen molar-refractivity contribution in [1.29, 1.82) is 0 Å². The van der Waals surface area contributed by atoms with Gasteiger partial charge in [-0.2, -0.15) is 0 Å². The lowest BCUT2D eigenvalue weighted by atomic mass is 10.0. The van der Waals surface area contributed by atoms with E-state index in [-0.39, 0.29) is 11.7 Å². The lowest BCUT2D eigenvalue weighted by Gasteiger charge is -2.30. The highest BCUT2D eigenvalue weighted by molar-refractivity contribution is 6.16. The summed E-state index contributed by atoms with van der Waals surface area (Å²) >= 11 is 0. The Labute approximate surface area is 155 Å². The highest BCUT2D eigenvalue weighted by atomic mass is 16.6. The van der Waals surface area contributed by atoms with Gasteiger partial charge < -0.3 is 20.1 Å². The number of carboxylic acid groups (broad SMARTS) is 1. The number of carbonyl (C=O) groups excluding carboxylic acids is 1. The summed E-state index contributed by atoms with van der Waals surface area (Å²) in [5.74, 6) is -0.158. The van der Waals surface area contributed by atoms with Crippen LogP contribution in [0.3, 0.4) is 0 Å². The normalized spacial score (nSPS) is 19.3. The molecule has 1 saturated heterocycles. The Hall–Kier alpha value is -3.35. The molecule has 0 radical (unpaired) electrons. The van der Waals surface area contributed by atoms with E-state index in [4.69, 9.17) is 9.84 Å². The van der Waals surface area contributed by atoms with Crippen LogP contribution in [-0.4, -0.2) is 47.1 Å². The number of benzene rings is 2. The summed E-state index contributed by atoms with van der Waals surface area (Å²) in [4.78, 5) is 29.4. The van der Waals surface area contributed by atoms with Gasteiger partial charge in [-0.1, -0.05) is 36.4 Å². The first-order valence-electron chi connectivity index (χ1n) is 8.84. The van der Waals surface area contributed by atoms with Crippen molar-refractivity contribution < 1.29 is 19.4 Å². The Morgan fingerprint density at radius 2 is 1.93 bits per heavy atom. The number of nitrogens with zero attached hydrogens (tertiary/aromatic N) is 2. The summed E-state index contributed by atoms with van der Waals surface area (Å²) in [6.07, 6.45) is 2.07. The van der Waals surface area contributed by atoms with Crippen LogP contribution in [0.25, 0.3) is 10.8 Å². The second-order valence-electron chi connectivity index (χ2n) is 6.61. The van der Waals surface area contributed by atoms with Gasteiger partial charge in [0.25, 0.3) is 0 Å². The van der Waals surface area contributed by atoms with Crippen LogP contribution in [0.1, 0.15) is 18.4 Å². The zero-order valence-corrected chi connectivity index (χ0v) is 14.6. The number of esters is 1. The molecule has 2 N–H and O–H groups in total. The maximum atomic E-state index is 12.3. The molecular weight excluding hydrogens is 346 g/mol. The van der Waals surface area contributed by atoms with Gasteiger partial charge in [-0.3, -0.25) is 0 Å². The molecule has 0 atom stereocenters. The van der Waals surface area contributed by atoms with E-state index in [1.807, 2.05) is 47.4 Å². The maximum Gasteiger partial charge on any atom is 0.404 e. The first kappa shape index (κ1) is 17.1. The molecule has 0 unspecified atom stereocenters. The Balaban J connectivity index is 1.53. The van der Waals surface area contributed by atoms with E-state index < -0.39 is 12.1 Å². The molecule has 27 heavy (non-hydrogen) atoms. The summed E-state index contributed by atoms with van der Waals surface area (Å²) in [5, 5.41) is 13.3. The molecule has 4 rings (SSSR count). The summed E-state index contributed by atoms with van der Waals surface area (Å²) in [6.45, 7) is 1.31. The van der Waals surface area contributed by atoms with Crippen LogP contribution < -0.4 is 5.32 Å². The minimum atomic E-state index is -1.00. The second-order valence-corrected chi connectivity index (χ2v) is 6.61. The van der Waals surface area contributed by atoms with Gasteiger partial charge in [0.2, 0.25) is 5.90 Å². The number of cyclic esters (lactones) is 1. The topological polar surface area (TPSA) is 91.2 Å². The number of hydrogen-bond donors (Lipinski definition) is 2. The van der Waals surface area contributed by atoms with Gasteiger partial charge in [-0.15, -0.1) is 0 Å². The molecule has 1 fully saturated rings. The van der Waals surface area contributed by atoms with Crippen LogP contribution in [0, 0.1) is 0 Å². The monoisotopic (exact) mass is 365 g/mol. The molecule has 0 saturated carbocycles. The van der Waals surface area contributed by atoms with Crippen LogP contribution in [0.15, 0.2) is 59.4 Å². The minimum Gasteiger partial charge on any atom is -0.465 e. The quantitative estimate of drug-likeness (QED) is 0.645. The zero-order valence-electron chi connectivity index (χ0n) is 14.6. The van der Waals surface area contributed by atoms with E-state index >= 15 is 0 Å². The van der Waals surface area contributed by atoms with Crippen LogP contribution >= 0.6 is 0 Å². The Morgan fingerprint density at radius 1 is 1.19 bits per heavy atom. The number of carbonyl (C=O) groups is 2. The first-order chi connectivity index (χ1) is 13.1. The number of hydrogen-bond acceptors (Lipinski definition) is 5. The molecule has 0 aromatic heterocycles. The van der Waals surface area contributed by atoms with Crippen molar-refractivity contribution in [2.24, 2.45) is 4.99 Å². The number of fused-ring (bicyclic) bond motifs is 1. The average molecular weight is 365 g/mol. The van der Waals surface area contributed by atoms with Crippen molar-refractivity contribution in [2.45, 2.75) is 18.9 Å². The van der Waals surface area contributed by atoms with Gasteiger partial charge >= 0.3 is 12.1 Å². The van der Waals surface area contributed by atoms with Crippen LogP contribution in [-0.2, 0) is 9.53 Å². The van der Waals surface area contributed by atoms with E-state index in [9.17, 15) is 9.59 Å². The number of nitrogens with one attached hydrogen (secondary N) is 1. The minimum absolute atomic E-state index is 0.0533. The van der Waals surface area contributed by atoms with E-state index in [1.54, 1.807) is 6.20 Å². The van der Waals surface area contributed by atoms with Crippen molar-refractivity contribution in [3.8, 4) is 0 Å². The van der Waals surface area contributed by atoms with Crippen molar-refractivity contribution in [3.05, 3.63) is 59.9 Å². The zero-order chi connectivity index (χ0) is 18.8. The molecule has 2 aliphatic rings. The second kappa shape index (κ2) is 7.11. The predicted molar refractivity (Wildman–Crippen MR) is 100 cm³/mol. The van der Waals surface area contributed by atoms with Crippen LogP contribution in [0.2, 0.25) is 0 Å². The van der Waals surface area contributed by atoms with Crippen molar-refractivity contribution >= 4 is 28.7 Å². The number of likely N-dealkylation sites (tertiary alicyclic amines) is 1. The summed E-state index contributed by atoms with van der Waals surface area (Å²) in [6, 6.07) is 13.6. The van der Waals surface area contributed by atoms with Crippen molar-refractivity contribution in [3.63, 3.8) is 0 Å². The molecule has 7 nitrogen and oxygen atoms in total. The van der Waals surface area contributed by atoms with E-state index in [1.165, 1.54) is 0 Å². The third-order valence-corrected chi connectivity index (χ3v) is 4.80. The molecule has 0 spiro atoms. The molecule has 2 aliphatic heterocycles. The molecule has 0 aliphatic carbocycles. The Morgan fingerprint density at radius 3 is 2.70 bits per heavy atom. The fourth-order valence-electron chi connectivity index (χ4n) is 3.45. The van der Waals surface area contributed by atoms with E-state index in [0.717, 1.165) is 16.3 Å². The highest BCUT2D eigenvalue weighted by Crippen LogP contribution is 2.24. The van der Waals surface area contributed by atoms with Gasteiger partial charge in [0, 0.05) is 30.9 Å². The number of amides is 1. The van der Waals surface area contributed by atoms with Gasteiger partial charge in [0.1, 0.15) is 0 Å². The molecule has 7 heteroatoms. The fourth-order valence-corrected chi connectivity index (χ4v) is 3.45. The molecule has 138 valence electrons. The number of piperidine rings is 1. The highest BCUT2D eigenvalue weighted by Gasteiger charge is 2.27. The molecule has 2 aromatic rings.